The molecule has 3 nitrogen and oxygen atoms in total. The van der Waals surface area contributed by atoms with Gasteiger partial charge >= 0.3 is 0 Å². The first-order valence-electron chi connectivity index (χ1n) is 6.89. The van der Waals surface area contributed by atoms with E-state index in [4.69, 9.17) is 9.47 Å². The first kappa shape index (κ1) is 16.1. The van der Waals surface area contributed by atoms with Gasteiger partial charge in [0.25, 0.3) is 0 Å². The summed E-state index contributed by atoms with van der Waals surface area (Å²) in [6.07, 6.45) is 0.649. The fourth-order valence-electron chi connectivity index (χ4n) is 1.87. The molecule has 0 aliphatic heterocycles. The second kappa shape index (κ2) is 9.02. The lowest BCUT2D eigenvalue weighted by molar-refractivity contribution is -0.138. The number of ether oxygens (including phenoxy) is 2. The summed E-state index contributed by atoms with van der Waals surface area (Å²) in [5.41, 5.74) is 1.07. The van der Waals surface area contributed by atoms with E-state index in [0.29, 0.717) is 13.2 Å². The first-order chi connectivity index (χ1) is 9.17. The molecule has 1 unspecified atom stereocenters. The van der Waals surface area contributed by atoms with Gasteiger partial charge in [-0.25, -0.2) is 4.39 Å². The van der Waals surface area contributed by atoms with Gasteiger partial charge in [-0.05, 0) is 38.5 Å². The van der Waals surface area contributed by atoms with Crippen LogP contribution in [0.15, 0.2) is 24.3 Å². The Morgan fingerprint density at radius 2 is 1.68 bits per heavy atom. The van der Waals surface area contributed by atoms with Crippen LogP contribution in [0.2, 0.25) is 0 Å². The molecule has 19 heavy (non-hydrogen) atoms. The summed E-state index contributed by atoms with van der Waals surface area (Å²) in [6.45, 7) is 8.07. The zero-order chi connectivity index (χ0) is 14.1. The van der Waals surface area contributed by atoms with Crippen molar-refractivity contribution >= 4 is 0 Å². The molecule has 0 radical (unpaired) electrons. The standard InChI is InChI=1S/C15H24FNO2/c1-4-18-15(19-5-2)10-11-17-12(3)13-6-8-14(16)9-7-13/h6-9,12,15,17H,4-5,10-11H2,1-3H3. The summed E-state index contributed by atoms with van der Waals surface area (Å²) in [6, 6.07) is 6.75. The van der Waals surface area contributed by atoms with Crippen LogP contribution in [-0.4, -0.2) is 26.0 Å². The topological polar surface area (TPSA) is 30.5 Å². The van der Waals surface area contributed by atoms with Crippen LogP contribution in [0.1, 0.15) is 38.8 Å². The maximum Gasteiger partial charge on any atom is 0.158 e. The Labute approximate surface area is 115 Å². The van der Waals surface area contributed by atoms with Gasteiger partial charge in [-0.1, -0.05) is 12.1 Å². The molecule has 0 bridgehead atoms. The minimum atomic E-state index is -0.205. The third-order valence-corrected chi connectivity index (χ3v) is 2.91. The molecule has 1 rings (SSSR count). The lowest BCUT2D eigenvalue weighted by atomic mass is 10.1. The van der Waals surface area contributed by atoms with E-state index in [1.807, 2.05) is 13.8 Å². The minimum Gasteiger partial charge on any atom is -0.353 e. The second-order valence-corrected chi connectivity index (χ2v) is 4.36. The fraction of sp³-hybridized carbons (Fsp3) is 0.600. The zero-order valence-electron chi connectivity index (χ0n) is 12.0. The Kier molecular flexibility index (Phi) is 7.63. The molecule has 1 N–H and O–H groups in total. The van der Waals surface area contributed by atoms with Crippen LogP contribution in [0.3, 0.4) is 0 Å². The molecule has 0 saturated heterocycles. The molecule has 0 aliphatic rings. The van der Waals surface area contributed by atoms with Crippen molar-refractivity contribution in [1.82, 2.24) is 5.32 Å². The lowest BCUT2D eigenvalue weighted by Gasteiger charge is -2.19. The predicted molar refractivity (Wildman–Crippen MR) is 74.5 cm³/mol. The highest BCUT2D eigenvalue weighted by atomic mass is 19.1. The molecular formula is C15H24FNO2. The average molecular weight is 269 g/mol. The number of rotatable bonds is 9. The third-order valence-electron chi connectivity index (χ3n) is 2.91. The lowest BCUT2D eigenvalue weighted by Crippen LogP contribution is -2.26. The Bertz CT molecular complexity index is 337. The molecule has 0 saturated carbocycles. The van der Waals surface area contributed by atoms with Gasteiger partial charge in [0.2, 0.25) is 0 Å². The quantitative estimate of drug-likeness (QED) is 0.698. The predicted octanol–water partition coefficient (Wildman–Crippen LogP) is 3.27. The zero-order valence-corrected chi connectivity index (χ0v) is 12.0. The van der Waals surface area contributed by atoms with E-state index >= 15 is 0 Å². The highest BCUT2D eigenvalue weighted by molar-refractivity contribution is 5.19. The van der Waals surface area contributed by atoms with Crippen LogP contribution in [0.4, 0.5) is 4.39 Å². The molecule has 1 atom stereocenters. The van der Waals surface area contributed by atoms with Crippen molar-refractivity contribution < 1.29 is 13.9 Å². The highest BCUT2D eigenvalue weighted by Gasteiger charge is 2.09. The first-order valence-corrected chi connectivity index (χ1v) is 6.89. The molecule has 108 valence electrons. The van der Waals surface area contributed by atoms with E-state index in [-0.39, 0.29) is 18.1 Å². The summed E-state index contributed by atoms with van der Waals surface area (Å²) in [4.78, 5) is 0. The van der Waals surface area contributed by atoms with Crippen LogP contribution in [0.25, 0.3) is 0 Å². The SMILES string of the molecule is CCOC(CCNC(C)c1ccc(F)cc1)OCC. The summed E-state index contributed by atoms with van der Waals surface area (Å²) in [5.74, 6) is -0.205. The van der Waals surface area contributed by atoms with E-state index in [1.165, 1.54) is 12.1 Å². The molecule has 4 heteroatoms. The normalized spacial score (nSPS) is 12.9. The number of hydrogen-bond acceptors (Lipinski definition) is 3. The maximum absolute atomic E-state index is 12.8. The Balaban J connectivity index is 2.32. The average Bonchev–Trinajstić information content (AvgIpc) is 2.40. The van der Waals surface area contributed by atoms with Gasteiger partial charge in [0, 0.05) is 32.2 Å². The van der Waals surface area contributed by atoms with Crippen molar-refractivity contribution in [3.8, 4) is 0 Å². The second-order valence-electron chi connectivity index (χ2n) is 4.36. The fourth-order valence-corrected chi connectivity index (χ4v) is 1.87. The van der Waals surface area contributed by atoms with Crippen LogP contribution in [0.5, 0.6) is 0 Å². The molecule has 0 heterocycles. The summed E-state index contributed by atoms with van der Waals surface area (Å²) in [7, 11) is 0. The van der Waals surface area contributed by atoms with Crippen LogP contribution < -0.4 is 5.32 Å². The van der Waals surface area contributed by atoms with E-state index in [2.05, 4.69) is 12.2 Å². The number of hydrogen-bond donors (Lipinski definition) is 1. The molecular weight excluding hydrogens is 245 g/mol. The molecule has 0 spiro atoms. The van der Waals surface area contributed by atoms with Gasteiger partial charge < -0.3 is 14.8 Å². The van der Waals surface area contributed by atoms with Gasteiger partial charge in [-0.3, -0.25) is 0 Å². The van der Waals surface area contributed by atoms with E-state index < -0.39 is 0 Å². The van der Waals surface area contributed by atoms with Gasteiger partial charge in [-0.2, -0.15) is 0 Å². The maximum atomic E-state index is 12.8. The number of benzene rings is 1. The molecule has 0 amide bonds. The van der Waals surface area contributed by atoms with Crippen molar-refractivity contribution in [3.63, 3.8) is 0 Å². The monoisotopic (exact) mass is 269 g/mol. The van der Waals surface area contributed by atoms with Crippen molar-refractivity contribution in [2.45, 2.75) is 39.5 Å². The molecule has 0 aromatic heterocycles. The van der Waals surface area contributed by atoms with Crippen molar-refractivity contribution in [1.29, 1.82) is 0 Å². The van der Waals surface area contributed by atoms with E-state index in [1.54, 1.807) is 12.1 Å². The molecule has 1 aromatic carbocycles. The van der Waals surface area contributed by atoms with E-state index in [0.717, 1.165) is 18.5 Å². The summed E-state index contributed by atoms with van der Waals surface area (Å²) in [5, 5.41) is 3.38. The van der Waals surface area contributed by atoms with Gasteiger partial charge in [0.1, 0.15) is 5.82 Å². The Morgan fingerprint density at radius 3 is 2.21 bits per heavy atom. The molecule has 0 fully saturated rings. The smallest absolute Gasteiger partial charge is 0.158 e. The molecule has 1 aromatic rings. The minimum absolute atomic E-state index is 0.150. The number of nitrogens with one attached hydrogen (secondary N) is 1. The third kappa shape index (κ3) is 6.14. The largest absolute Gasteiger partial charge is 0.353 e. The van der Waals surface area contributed by atoms with Gasteiger partial charge in [0.15, 0.2) is 6.29 Å². The van der Waals surface area contributed by atoms with E-state index in [9.17, 15) is 4.39 Å². The summed E-state index contributed by atoms with van der Waals surface area (Å²) >= 11 is 0. The Hall–Kier alpha value is -0.970. The highest BCUT2D eigenvalue weighted by Crippen LogP contribution is 2.13. The van der Waals surface area contributed by atoms with Crippen molar-refractivity contribution in [2.75, 3.05) is 19.8 Å². The van der Waals surface area contributed by atoms with Crippen molar-refractivity contribution in [3.05, 3.63) is 35.6 Å². The Morgan fingerprint density at radius 1 is 1.11 bits per heavy atom. The van der Waals surface area contributed by atoms with Crippen LogP contribution in [-0.2, 0) is 9.47 Å². The number of halogens is 1. The van der Waals surface area contributed by atoms with Gasteiger partial charge in [0.05, 0.1) is 0 Å². The van der Waals surface area contributed by atoms with Crippen LogP contribution >= 0.6 is 0 Å². The van der Waals surface area contributed by atoms with Crippen molar-refractivity contribution in [2.24, 2.45) is 0 Å². The van der Waals surface area contributed by atoms with Crippen LogP contribution in [0, 0.1) is 5.82 Å². The molecule has 0 aliphatic carbocycles. The summed E-state index contributed by atoms with van der Waals surface area (Å²) < 4.78 is 23.8. The van der Waals surface area contributed by atoms with Gasteiger partial charge in [-0.15, -0.1) is 0 Å².